The first-order chi connectivity index (χ1) is 17.0. The Labute approximate surface area is 203 Å². The number of carbonyl (C=O) groups is 2. The van der Waals surface area contributed by atoms with E-state index in [1.54, 1.807) is 37.3 Å². The highest BCUT2D eigenvalue weighted by Gasteiger charge is 2.24. The van der Waals surface area contributed by atoms with Crippen molar-refractivity contribution in [3.05, 3.63) is 57.6 Å². The lowest BCUT2D eigenvalue weighted by Gasteiger charge is -2.30. The van der Waals surface area contributed by atoms with E-state index in [1.165, 1.54) is 6.07 Å². The summed E-state index contributed by atoms with van der Waals surface area (Å²) in [5, 5.41) is 14.7. The monoisotopic (exact) mass is 482 g/mol. The molecule has 2 aliphatic rings. The molecule has 0 radical (unpaired) electrons. The number of hydrogen-bond donors (Lipinski definition) is 1. The highest BCUT2D eigenvalue weighted by Crippen LogP contribution is 2.33. The van der Waals surface area contributed by atoms with E-state index in [0.717, 1.165) is 38.0 Å². The topological polar surface area (TPSA) is 114 Å². The molecule has 2 saturated heterocycles. The van der Waals surface area contributed by atoms with E-state index in [0.29, 0.717) is 43.2 Å². The number of ether oxygens (including phenoxy) is 2. The Kier molecular flexibility index (Phi) is 7.81. The number of nitro groups is 1. The lowest BCUT2D eigenvalue weighted by molar-refractivity contribution is -0.384. The van der Waals surface area contributed by atoms with Crippen LogP contribution < -0.4 is 15.1 Å². The first-order valence-electron chi connectivity index (χ1n) is 12.0. The van der Waals surface area contributed by atoms with Gasteiger partial charge in [-0.2, -0.15) is 0 Å². The molecule has 10 nitrogen and oxygen atoms in total. The summed E-state index contributed by atoms with van der Waals surface area (Å²) in [5.74, 6) is -0.980. The molecule has 186 valence electrons. The molecule has 0 aliphatic carbocycles. The number of esters is 1. The van der Waals surface area contributed by atoms with E-state index in [4.69, 9.17) is 9.47 Å². The third kappa shape index (κ3) is 5.71. The predicted molar refractivity (Wildman–Crippen MR) is 133 cm³/mol. The second-order valence-corrected chi connectivity index (χ2v) is 8.51. The molecule has 1 N–H and O–H groups in total. The quantitative estimate of drug-likeness (QED) is 0.360. The number of nitro benzene ring substituents is 1. The third-order valence-electron chi connectivity index (χ3n) is 6.24. The maximum Gasteiger partial charge on any atom is 0.338 e. The Morgan fingerprint density at radius 1 is 0.971 bits per heavy atom. The fourth-order valence-corrected chi connectivity index (χ4v) is 4.47. The summed E-state index contributed by atoms with van der Waals surface area (Å²) in [6.45, 7) is 5.86. The number of carbonyl (C=O) groups excluding carboxylic acids is 2. The van der Waals surface area contributed by atoms with Crippen molar-refractivity contribution >= 4 is 34.6 Å². The summed E-state index contributed by atoms with van der Waals surface area (Å²) in [6, 6.07) is 9.60. The molecular weight excluding hydrogens is 452 g/mol. The molecule has 2 aromatic rings. The second-order valence-electron chi connectivity index (χ2n) is 8.51. The van der Waals surface area contributed by atoms with Gasteiger partial charge in [0.25, 0.3) is 11.6 Å². The molecule has 2 fully saturated rings. The number of nitrogens with one attached hydrogen (secondary N) is 1. The molecule has 2 heterocycles. The van der Waals surface area contributed by atoms with Crippen molar-refractivity contribution in [2.45, 2.75) is 26.2 Å². The maximum absolute atomic E-state index is 13.2. The number of morpholine rings is 1. The Morgan fingerprint density at radius 2 is 1.63 bits per heavy atom. The Balaban J connectivity index is 1.63. The van der Waals surface area contributed by atoms with Gasteiger partial charge in [-0.15, -0.1) is 0 Å². The molecule has 2 aliphatic heterocycles. The molecule has 35 heavy (non-hydrogen) atoms. The van der Waals surface area contributed by atoms with Gasteiger partial charge in [0, 0.05) is 37.8 Å². The van der Waals surface area contributed by atoms with Crippen molar-refractivity contribution in [1.82, 2.24) is 0 Å². The van der Waals surface area contributed by atoms with Crippen molar-refractivity contribution in [3.63, 3.8) is 0 Å². The van der Waals surface area contributed by atoms with E-state index in [-0.39, 0.29) is 17.9 Å². The van der Waals surface area contributed by atoms with Crippen LogP contribution in [0.25, 0.3) is 0 Å². The van der Waals surface area contributed by atoms with Crippen molar-refractivity contribution < 1.29 is 24.0 Å². The molecule has 1 amide bonds. The fraction of sp³-hybridized carbons (Fsp3) is 0.440. The summed E-state index contributed by atoms with van der Waals surface area (Å²) >= 11 is 0. The smallest absolute Gasteiger partial charge is 0.338 e. The first kappa shape index (κ1) is 24.5. The molecule has 2 aromatic carbocycles. The van der Waals surface area contributed by atoms with Crippen molar-refractivity contribution in [2.75, 3.05) is 61.1 Å². The zero-order valence-corrected chi connectivity index (χ0v) is 19.8. The van der Waals surface area contributed by atoms with E-state index in [9.17, 15) is 19.7 Å². The third-order valence-corrected chi connectivity index (χ3v) is 6.24. The van der Waals surface area contributed by atoms with Crippen molar-refractivity contribution in [2.24, 2.45) is 0 Å². The van der Waals surface area contributed by atoms with Crippen molar-refractivity contribution in [3.8, 4) is 0 Å². The number of piperidine rings is 1. The van der Waals surface area contributed by atoms with Crippen LogP contribution in [-0.4, -0.2) is 62.8 Å². The van der Waals surface area contributed by atoms with Gasteiger partial charge in [0.2, 0.25) is 0 Å². The summed E-state index contributed by atoms with van der Waals surface area (Å²) < 4.78 is 10.5. The number of rotatable bonds is 7. The molecular formula is C25H30N4O6. The van der Waals surface area contributed by atoms with Crippen LogP contribution in [0, 0.1) is 10.1 Å². The van der Waals surface area contributed by atoms with Gasteiger partial charge in [-0.3, -0.25) is 14.9 Å². The van der Waals surface area contributed by atoms with Crippen LogP contribution in [0.3, 0.4) is 0 Å². The lowest BCUT2D eigenvalue weighted by atomic mass is 10.1. The van der Waals surface area contributed by atoms with E-state index >= 15 is 0 Å². The minimum absolute atomic E-state index is 0.0896. The SMILES string of the molecule is CCOC(=O)c1ccc(N2CCOCC2)c(NC(=O)c2ccc(N3CCCCC3)c([N+](=O)[O-])c2)c1. The fourth-order valence-electron chi connectivity index (χ4n) is 4.47. The van der Waals surface area contributed by atoms with E-state index < -0.39 is 16.8 Å². The second kappa shape index (κ2) is 11.2. The van der Waals surface area contributed by atoms with Crippen LogP contribution in [0.2, 0.25) is 0 Å². The average molecular weight is 483 g/mol. The molecule has 10 heteroatoms. The van der Waals surface area contributed by atoms with Crippen LogP contribution in [0.1, 0.15) is 46.9 Å². The van der Waals surface area contributed by atoms with Gasteiger partial charge in [0.1, 0.15) is 5.69 Å². The molecule has 0 spiro atoms. The zero-order chi connectivity index (χ0) is 24.8. The molecule has 0 aromatic heterocycles. The number of nitrogens with zero attached hydrogens (tertiary/aromatic N) is 3. The van der Waals surface area contributed by atoms with Crippen LogP contribution in [0.4, 0.5) is 22.7 Å². The highest BCUT2D eigenvalue weighted by atomic mass is 16.6. The summed E-state index contributed by atoms with van der Waals surface area (Å²) in [7, 11) is 0. The minimum atomic E-state index is -0.492. The predicted octanol–water partition coefficient (Wildman–Crippen LogP) is 3.85. The number of amides is 1. The summed E-state index contributed by atoms with van der Waals surface area (Å²) in [5.41, 5.74) is 2.11. The highest BCUT2D eigenvalue weighted by molar-refractivity contribution is 6.07. The minimum Gasteiger partial charge on any atom is -0.462 e. The number of hydrogen-bond acceptors (Lipinski definition) is 8. The standard InChI is InChI=1S/C25H30N4O6/c1-2-35-25(31)19-7-8-21(28-12-14-34-15-13-28)20(16-19)26-24(30)18-6-9-22(23(17-18)29(32)33)27-10-4-3-5-11-27/h6-9,16-17H,2-5,10-15H2,1H3,(H,26,30). The largest absolute Gasteiger partial charge is 0.462 e. The van der Waals surface area contributed by atoms with Gasteiger partial charge in [0.15, 0.2) is 0 Å². The van der Waals surface area contributed by atoms with Crippen LogP contribution in [-0.2, 0) is 9.47 Å². The van der Waals surface area contributed by atoms with Gasteiger partial charge in [-0.05, 0) is 56.5 Å². The van der Waals surface area contributed by atoms with Gasteiger partial charge in [-0.25, -0.2) is 4.79 Å². The molecule has 0 bridgehead atoms. The Hall–Kier alpha value is -3.66. The molecule has 0 saturated carbocycles. The lowest BCUT2D eigenvalue weighted by Crippen LogP contribution is -2.36. The van der Waals surface area contributed by atoms with E-state index in [2.05, 4.69) is 10.2 Å². The zero-order valence-electron chi connectivity index (χ0n) is 19.8. The summed E-state index contributed by atoms with van der Waals surface area (Å²) in [4.78, 5) is 41.0. The van der Waals surface area contributed by atoms with Crippen LogP contribution in [0.15, 0.2) is 36.4 Å². The average Bonchev–Trinajstić information content (AvgIpc) is 2.89. The Bertz CT molecular complexity index is 1090. The Morgan fingerprint density at radius 3 is 2.31 bits per heavy atom. The summed E-state index contributed by atoms with van der Waals surface area (Å²) in [6.07, 6.45) is 3.09. The van der Waals surface area contributed by atoms with Gasteiger partial charge >= 0.3 is 5.97 Å². The molecule has 0 unspecified atom stereocenters. The normalized spacial score (nSPS) is 16.0. The van der Waals surface area contributed by atoms with Gasteiger partial charge < -0.3 is 24.6 Å². The molecule has 4 rings (SSSR count). The number of benzene rings is 2. The maximum atomic E-state index is 13.2. The molecule has 0 atom stereocenters. The number of anilines is 3. The van der Waals surface area contributed by atoms with Crippen LogP contribution in [0.5, 0.6) is 0 Å². The first-order valence-corrected chi connectivity index (χ1v) is 12.0. The van der Waals surface area contributed by atoms with Crippen LogP contribution >= 0.6 is 0 Å². The van der Waals surface area contributed by atoms with Crippen molar-refractivity contribution in [1.29, 1.82) is 0 Å². The van der Waals surface area contributed by atoms with E-state index in [1.807, 2.05) is 4.90 Å². The van der Waals surface area contributed by atoms with Gasteiger partial charge in [-0.1, -0.05) is 0 Å². The van der Waals surface area contributed by atoms with Gasteiger partial charge in [0.05, 0.1) is 41.7 Å².